The van der Waals surface area contributed by atoms with Crippen molar-refractivity contribution in [3.05, 3.63) is 65.7 Å². The molecule has 5 nitrogen and oxygen atoms in total. The van der Waals surface area contributed by atoms with Crippen LogP contribution >= 0.6 is 0 Å². The summed E-state index contributed by atoms with van der Waals surface area (Å²) in [4.78, 5) is 2.72. The van der Waals surface area contributed by atoms with Crippen molar-refractivity contribution in [1.29, 1.82) is 0 Å². The van der Waals surface area contributed by atoms with Crippen LogP contribution < -0.4 is 5.32 Å². The predicted molar refractivity (Wildman–Crippen MR) is 104 cm³/mol. The minimum atomic E-state index is -3.53. The standard InChI is InChI=1S/C20H27N3O2S/c1-17(19-6-4-3-5-7-19)22(2)26(24,25)20-10-8-18(9-11-20)16-23-14-12-21-13-15-23/h3-11,17,21H,12-16H2,1-2H3/t17-/m1/s1. The number of rotatable bonds is 6. The highest BCUT2D eigenvalue weighted by Crippen LogP contribution is 2.25. The summed E-state index contributed by atoms with van der Waals surface area (Å²) in [7, 11) is -1.89. The molecule has 1 heterocycles. The van der Waals surface area contributed by atoms with E-state index in [1.54, 1.807) is 19.2 Å². The Morgan fingerprint density at radius 1 is 1.04 bits per heavy atom. The first kappa shape index (κ1) is 19.0. The number of benzene rings is 2. The van der Waals surface area contributed by atoms with Crippen LogP contribution in [0.5, 0.6) is 0 Å². The second-order valence-electron chi connectivity index (χ2n) is 6.78. The van der Waals surface area contributed by atoms with Gasteiger partial charge in [-0.05, 0) is 30.2 Å². The van der Waals surface area contributed by atoms with Gasteiger partial charge in [0.1, 0.15) is 0 Å². The van der Waals surface area contributed by atoms with Gasteiger partial charge >= 0.3 is 0 Å². The molecule has 6 heteroatoms. The van der Waals surface area contributed by atoms with E-state index in [-0.39, 0.29) is 6.04 Å². The Hall–Kier alpha value is -1.73. The molecule has 3 rings (SSSR count). The van der Waals surface area contributed by atoms with Crippen LogP contribution in [-0.4, -0.2) is 50.8 Å². The molecule has 1 aliphatic rings. The fraction of sp³-hybridized carbons (Fsp3) is 0.400. The van der Waals surface area contributed by atoms with Gasteiger partial charge in [-0.15, -0.1) is 0 Å². The van der Waals surface area contributed by atoms with E-state index < -0.39 is 10.0 Å². The lowest BCUT2D eigenvalue weighted by atomic mass is 10.1. The quantitative estimate of drug-likeness (QED) is 0.845. The lowest BCUT2D eigenvalue weighted by Crippen LogP contribution is -2.42. The molecule has 26 heavy (non-hydrogen) atoms. The molecule has 0 amide bonds. The molecule has 1 saturated heterocycles. The van der Waals surface area contributed by atoms with Crippen LogP contribution in [0.1, 0.15) is 24.1 Å². The number of nitrogens with zero attached hydrogens (tertiary/aromatic N) is 2. The summed E-state index contributed by atoms with van der Waals surface area (Å²) in [5, 5.41) is 3.34. The van der Waals surface area contributed by atoms with E-state index in [1.165, 1.54) is 4.31 Å². The fourth-order valence-electron chi connectivity index (χ4n) is 3.21. The van der Waals surface area contributed by atoms with Crippen molar-refractivity contribution in [3.8, 4) is 0 Å². The monoisotopic (exact) mass is 373 g/mol. The van der Waals surface area contributed by atoms with E-state index >= 15 is 0 Å². The Bertz CT molecular complexity index is 801. The highest BCUT2D eigenvalue weighted by atomic mass is 32.2. The Morgan fingerprint density at radius 2 is 1.65 bits per heavy atom. The Morgan fingerprint density at radius 3 is 2.27 bits per heavy atom. The Labute approximate surface area is 156 Å². The van der Waals surface area contributed by atoms with Crippen molar-refractivity contribution in [1.82, 2.24) is 14.5 Å². The van der Waals surface area contributed by atoms with Gasteiger partial charge in [0.05, 0.1) is 4.90 Å². The van der Waals surface area contributed by atoms with Crippen molar-refractivity contribution >= 4 is 10.0 Å². The lowest BCUT2D eigenvalue weighted by Gasteiger charge is -2.27. The molecule has 1 N–H and O–H groups in total. The highest BCUT2D eigenvalue weighted by Gasteiger charge is 2.26. The second-order valence-corrected chi connectivity index (χ2v) is 8.78. The molecule has 0 aliphatic carbocycles. The first-order chi connectivity index (χ1) is 12.5. The van der Waals surface area contributed by atoms with Crippen molar-refractivity contribution in [2.45, 2.75) is 24.4 Å². The summed E-state index contributed by atoms with van der Waals surface area (Å²) < 4.78 is 27.3. The number of hydrogen-bond donors (Lipinski definition) is 1. The first-order valence-corrected chi connectivity index (χ1v) is 10.5. The van der Waals surface area contributed by atoms with Gasteiger partial charge in [-0.3, -0.25) is 4.90 Å². The molecule has 140 valence electrons. The zero-order chi connectivity index (χ0) is 18.6. The first-order valence-electron chi connectivity index (χ1n) is 9.03. The molecule has 0 saturated carbocycles. The number of sulfonamides is 1. The van der Waals surface area contributed by atoms with Gasteiger partial charge in [-0.1, -0.05) is 42.5 Å². The van der Waals surface area contributed by atoms with Crippen molar-refractivity contribution in [3.63, 3.8) is 0 Å². The number of nitrogens with one attached hydrogen (secondary N) is 1. The number of hydrogen-bond acceptors (Lipinski definition) is 4. The predicted octanol–water partition coefficient (Wildman–Crippen LogP) is 2.47. The van der Waals surface area contributed by atoms with Crippen LogP contribution in [0.3, 0.4) is 0 Å². The molecule has 1 aliphatic heterocycles. The molecule has 0 radical (unpaired) electrons. The maximum absolute atomic E-state index is 13.0. The van der Waals surface area contributed by atoms with Gasteiger partial charge in [0, 0.05) is 45.8 Å². The molecule has 2 aromatic carbocycles. The maximum atomic E-state index is 13.0. The topological polar surface area (TPSA) is 52.7 Å². The van der Waals surface area contributed by atoms with E-state index in [4.69, 9.17) is 0 Å². The van der Waals surface area contributed by atoms with Crippen LogP contribution in [-0.2, 0) is 16.6 Å². The SMILES string of the molecule is C[C@H](c1ccccc1)N(C)S(=O)(=O)c1ccc(CN2CCNCC2)cc1. The van der Waals surface area contributed by atoms with Crippen LogP contribution in [0.4, 0.5) is 0 Å². The second kappa shape index (κ2) is 8.31. The largest absolute Gasteiger partial charge is 0.314 e. The van der Waals surface area contributed by atoms with Gasteiger partial charge in [0.25, 0.3) is 0 Å². The minimum absolute atomic E-state index is 0.221. The third kappa shape index (κ3) is 4.32. The summed E-state index contributed by atoms with van der Waals surface area (Å²) >= 11 is 0. The molecule has 0 spiro atoms. The maximum Gasteiger partial charge on any atom is 0.243 e. The lowest BCUT2D eigenvalue weighted by molar-refractivity contribution is 0.233. The van der Waals surface area contributed by atoms with E-state index in [2.05, 4.69) is 10.2 Å². The van der Waals surface area contributed by atoms with Crippen molar-refractivity contribution in [2.75, 3.05) is 33.2 Å². The molecular weight excluding hydrogens is 346 g/mol. The van der Waals surface area contributed by atoms with Gasteiger partial charge in [0.2, 0.25) is 10.0 Å². The normalized spacial score (nSPS) is 17.3. The minimum Gasteiger partial charge on any atom is -0.314 e. The van der Waals surface area contributed by atoms with E-state index in [0.29, 0.717) is 4.90 Å². The summed E-state index contributed by atoms with van der Waals surface area (Å²) in [5.74, 6) is 0. The van der Waals surface area contributed by atoms with Crippen LogP contribution in [0.15, 0.2) is 59.5 Å². The summed E-state index contributed by atoms with van der Waals surface area (Å²) in [6.45, 7) is 6.84. The van der Waals surface area contributed by atoms with Gasteiger partial charge in [0.15, 0.2) is 0 Å². The molecular formula is C20H27N3O2S. The average Bonchev–Trinajstić information content (AvgIpc) is 2.68. The zero-order valence-corrected chi connectivity index (χ0v) is 16.2. The van der Waals surface area contributed by atoms with Gasteiger partial charge in [-0.25, -0.2) is 8.42 Å². The molecule has 0 aromatic heterocycles. The van der Waals surface area contributed by atoms with E-state index in [9.17, 15) is 8.42 Å². The van der Waals surface area contributed by atoms with E-state index in [1.807, 2.05) is 49.4 Å². The molecule has 1 fully saturated rings. The van der Waals surface area contributed by atoms with Crippen LogP contribution in [0.2, 0.25) is 0 Å². The smallest absolute Gasteiger partial charge is 0.243 e. The van der Waals surface area contributed by atoms with Gasteiger partial charge < -0.3 is 5.32 Å². The van der Waals surface area contributed by atoms with Crippen molar-refractivity contribution in [2.24, 2.45) is 0 Å². The fourth-order valence-corrected chi connectivity index (χ4v) is 4.56. The zero-order valence-electron chi connectivity index (χ0n) is 15.4. The molecule has 1 atom stereocenters. The van der Waals surface area contributed by atoms with Crippen LogP contribution in [0.25, 0.3) is 0 Å². The average molecular weight is 374 g/mol. The van der Waals surface area contributed by atoms with E-state index in [0.717, 1.165) is 43.9 Å². The highest BCUT2D eigenvalue weighted by molar-refractivity contribution is 7.89. The Kier molecular flexibility index (Phi) is 6.09. The third-order valence-corrected chi connectivity index (χ3v) is 6.99. The summed E-state index contributed by atoms with van der Waals surface area (Å²) in [5.41, 5.74) is 2.12. The molecule has 0 bridgehead atoms. The summed E-state index contributed by atoms with van der Waals surface area (Å²) in [6, 6.07) is 16.8. The third-order valence-electron chi connectivity index (χ3n) is 5.04. The van der Waals surface area contributed by atoms with Crippen LogP contribution in [0, 0.1) is 0 Å². The Balaban J connectivity index is 1.72. The molecule has 0 unspecified atom stereocenters. The number of piperazine rings is 1. The molecule has 2 aromatic rings. The van der Waals surface area contributed by atoms with Crippen molar-refractivity contribution < 1.29 is 8.42 Å². The summed E-state index contributed by atoms with van der Waals surface area (Å²) in [6.07, 6.45) is 0. The van der Waals surface area contributed by atoms with Gasteiger partial charge in [-0.2, -0.15) is 4.31 Å².